The summed E-state index contributed by atoms with van der Waals surface area (Å²) < 4.78 is 5.44. The molecule has 2 aliphatic rings. The molecule has 3 amide bonds. The Labute approximate surface area is 149 Å². The van der Waals surface area contributed by atoms with E-state index in [1.807, 2.05) is 36.1 Å². The molecule has 1 aromatic carbocycles. The highest BCUT2D eigenvalue weighted by Gasteiger charge is 2.33. The number of likely N-dealkylation sites (tertiary alicyclic amines) is 1. The minimum absolute atomic E-state index is 0.0427. The van der Waals surface area contributed by atoms with Gasteiger partial charge in [0.15, 0.2) is 0 Å². The van der Waals surface area contributed by atoms with Crippen molar-refractivity contribution >= 4 is 17.6 Å². The minimum atomic E-state index is -0.138. The third kappa shape index (κ3) is 4.06. The monoisotopic (exact) mass is 345 g/mol. The Hall–Kier alpha value is -2.24. The number of urea groups is 1. The predicted octanol–water partition coefficient (Wildman–Crippen LogP) is 2.77. The number of piperidine rings is 1. The van der Waals surface area contributed by atoms with Crippen LogP contribution >= 0.6 is 0 Å². The summed E-state index contributed by atoms with van der Waals surface area (Å²) in [6.45, 7) is 5.96. The van der Waals surface area contributed by atoms with E-state index in [-0.39, 0.29) is 24.0 Å². The average Bonchev–Trinajstić information content (AvgIpc) is 2.96. The molecule has 136 valence electrons. The second kappa shape index (κ2) is 7.76. The smallest absolute Gasteiger partial charge is 0.317 e. The van der Waals surface area contributed by atoms with Crippen molar-refractivity contribution in [3.63, 3.8) is 0 Å². The Balaban J connectivity index is 1.59. The van der Waals surface area contributed by atoms with Gasteiger partial charge in [-0.2, -0.15) is 0 Å². The van der Waals surface area contributed by atoms with Crippen molar-refractivity contribution in [3.8, 4) is 5.75 Å². The molecular weight excluding hydrogens is 318 g/mol. The molecule has 2 saturated heterocycles. The first kappa shape index (κ1) is 17.6. The lowest BCUT2D eigenvalue weighted by Gasteiger charge is -2.34. The van der Waals surface area contributed by atoms with Crippen LogP contribution in [0.3, 0.4) is 0 Å². The highest BCUT2D eigenvalue weighted by molar-refractivity contribution is 5.96. The highest BCUT2D eigenvalue weighted by Crippen LogP contribution is 2.25. The zero-order valence-corrected chi connectivity index (χ0v) is 15.0. The van der Waals surface area contributed by atoms with Gasteiger partial charge in [-0.1, -0.05) is 0 Å². The third-order valence-corrected chi connectivity index (χ3v) is 4.98. The normalized spacial score (nSPS) is 23.7. The minimum Gasteiger partial charge on any atom is -0.494 e. The molecule has 2 unspecified atom stereocenters. The maximum atomic E-state index is 12.5. The summed E-state index contributed by atoms with van der Waals surface area (Å²) >= 11 is 0. The van der Waals surface area contributed by atoms with E-state index in [1.54, 1.807) is 4.90 Å². The number of hydrogen-bond acceptors (Lipinski definition) is 3. The summed E-state index contributed by atoms with van der Waals surface area (Å²) in [7, 11) is 0. The van der Waals surface area contributed by atoms with Crippen LogP contribution in [0.25, 0.3) is 0 Å². The van der Waals surface area contributed by atoms with Crippen molar-refractivity contribution in [2.24, 2.45) is 0 Å². The van der Waals surface area contributed by atoms with Gasteiger partial charge in [0, 0.05) is 31.2 Å². The Kier molecular flexibility index (Phi) is 5.46. The largest absolute Gasteiger partial charge is 0.494 e. The number of nitrogens with one attached hydrogen (secondary N) is 1. The van der Waals surface area contributed by atoms with Crippen molar-refractivity contribution in [3.05, 3.63) is 24.3 Å². The van der Waals surface area contributed by atoms with Gasteiger partial charge in [0.2, 0.25) is 5.91 Å². The van der Waals surface area contributed by atoms with Gasteiger partial charge in [-0.25, -0.2) is 4.79 Å². The van der Waals surface area contributed by atoms with Crippen LogP contribution in [-0.4, -0.2) is 48.6 Å². The number of ether oxygens (including phenoxy) is 1. The van der Waals surface area contributed by atoms with Crippen molar-refractivity contribution in [2.75, 3.05) is 24.6 Å². The second-order valence-corrected chi connectivity index (χ2v) is 6.82. The van der Waals surface area contributed by atoms with E-state index in [0.717, 1.165) is 30.8 Å². The molecule has 0 spiro atoms. The number of carbonyl (C=O) groups excluding carboxylic acids is 2. The standard InChI is InChI=1S/C19H27N3O3/c1-3-25-17-9-7-16(8-10-17)22-13-15(12-18(22)23)20-19(24)21-11-5-4-6-14(21)2/h7-10,14-15H,3-6,11-13H2,1-2H3,(H,20,24). The molecule has 6 heteroatoms. The van der Waals surface area contributed by atoms with E-state index in [2.05, 4.69) is 12.2 Å². The zero-order valence-electron chi connectivity index (χ0n) is 15.0. The molecule has 2 aliphatic heterocycles. The second-order valence-electron chi connectivity index (χ2n) is 6.82. The lowest BCUT2D eigenvalue weighted by Crippen LogP contribution is -2.50. The van der Waals surface area contributed by atoms with Crippen LogP contribution in [-0.2, 0) is 4.79 Å². The SMILES string of the molecule is CCOc1ccc(N2CC(NC(=O)N3CCCCC3C)CC2=O)cc1. The number of anilines is 1. The van der Waals surface area contributed by atoms with Crippen molar-refractivity contribution in [1.82, 2.24) is 10.2 Å². The Morgan fingerprint density at radius 3 is 2.72 bits per heavy atom. The summed E-state index contributed by atoms with van der Waals surface area (Å²) in [4.78, 5) is 28.5. The number of hydrogen-bond donors (Lipinski definition) is 1. The van der Waals surface area contributed by atoms with E-state index >= 15 is 0 Å². The number of benzene rings is 1. The van der Waals surface area contributed by atoms with Crippen LogP contribution in [0, 0.1) is 0 Å². The summed E-state index contributed by atoms with van der Waals surface area (Å²) in [5, 5.41) is 3.04. The summed E-state index contributed by atoms with van der Waals surface area (Å²) in [6, 6.07) is 7.60. The maximum absolute atomic E-state index is 12.5. The van der Waals surface area contributed by atoms with Crippen LogP contribution in [0.5, 0.6) is 5.75 Å². The van der Waals surface area contributed by atoms with Crippen LogP contribution in [0.1, 0.15) is 39.5 Å². The molecule has 1 N–H and O–H groups in total. The average molecular weight is 345 g/mol. The quantitative estimate of drug-likeness (QED) is 0.913. The van der Waals surface area contributed by atoms with Gasteiger partial charge in [-0.05, 0) is 57.4 Å². The fourth-order valence-corrected chi connectivity index (χ4v) is 3.60. The van der Waals surface area contributed by atoms with Gasteiger partial charge >= 0.3 is 6.03 Å². The Morgan fingerprint density at radius 1 is 1.28 bits per heavy atom. The first-order chi connectivity index (χ1) is 12.1. The topological polar surface area (TPSA) is 61.9 Å². The first-order valence-corrected chi connectivity index (χ1v) is 9.19. The van der Waals surface area contributed by atoms with Gasteiger partial charge in [-0.3, -0.25) is 4.79 Å². The van der Waals surface area contributed by atoms with E-state index < -0.39 is 0 Å². The third-order valence-electron chi connectivity index (χ3n) is 4.98. The van der Waals surface area contributed by atoms with Gasteiger partial charge in [-0.15, -0.1) is 0 Å². The molecule has 3 rings (SSSR count). The number of amides is 3. The Morgan fingerprint density at radius 2 is 2.04 bits per heavy atom. The fraction of sp³-hybridized carbons (Fsp3) is 0.579. The van der Waals surface area contributed by atoms with Crippen LogP contribution < -0.4 is 15.0 Å². The lowest BCUT2D eigenvalue weighted by atomic mass is 10.0. The van der Waals surface area contributed by atoms with E-state index in [0.29, 0.717) is 19.6 Å². The number of nitrogens with zero attached hydrogens (tertiary/aromatic N) is 2. The molecule has 6 nitrogen and oxygen atoms in total. The molecule has 0 radical (unpaired) electrons. The predicted molar refractivity (Wildman–Crippen MR) is 96.9 cm³/mol. The van der Waals surface area contributed by atoms with E-state index in [1.165, 1.54) is 6.42 Å². The van der Waals surface area contributed by atoms with Gasteiger partial charge < -0.3 is 19.9 Å². The van der Waals surface area contributed by atoms with Gasteiger partial charge in [0.05, 0.1) is 12.6 Å². The van der Waals surface area contributed by atoms with Crippen molar-refractivity contribution < 1.29 is 14.3 Å². The Bertz CT molecular complexity index is 617. The van der Waals surface area contributed by atoms with Gasteiger partial charge in [0.25, 0.3) is 0 Å². The summed E-state index contributed by atoms with van der Waals surface area (Å²) in [5.74, 6) is 0.836. The molecule has 2 fully saturated rings. The first-order valence-electron chi connectivity index (χ1n) is 9.19. The molecule has 1 aromatic rings. The van der Waals surface area contributed by atoms with Crippen molar-refractivity contribution in [2.45, 2.75) is 51.6 Å². The fourth-order valence-electron chi connectivity index (χ4n) is 3.60. The number of carbonyl (C=O) groups is 2. The maximum Gasteiger partial charge on any atom is 0.317 e. The molecule has 2 atom stereocenters. The molecule has 0 bridgehead atoms. The zero-order chi connectivity index (χ0) is 17.8. The van der Waals surface area contributed by atoms with Crippen molar-refractivity contribution in [1.29, 1.82) is 0 Å². The van der Waals surface area contributed by atoms with Crippen LogP contribution in [0.4, 0.5) is 10.5 Å². The summed E-state index contributed by atoms with van der Waals surface area (Å²) in [5.41, 5.74) is 0.844. The molecule has 0 aliphatic carbocycles. The molecule has 0 saturated carbocycles. The molecule has 2 heterocycles. The van der Waals surface area contributed by atoms with Gasteiger partial charge in [0.1, 0.15) is 5.75 Å². The molecular formula is C19H27N3O3. The summed E-state index contributed by atoms with van der Waals surface area (Å²) in [6.07, 6.45) is 3.63. The van der Waals surface area contributed by atoms with E-state index in [9.17, 15) is 9.59 Å². The lowest BCUT2D eigenvalue weighted by molar-refractivity contribution is -0.117. The highest BCUT2D eigenvalue weighted by atomic mass is 16.5. The number of rotatable bonds is 4. The molecule has 0 aromatic heterocycles. The molecule has 25 heavy (non-hydrogen) atoms. The van der Waals surface area contributed by atoms with Crippen LogP contribution in [0.2, 0.25) is 0 Å². The van der Waals surface area contributed by atoms with Crippen LogP contribution in [0.15, 0.2) is 24.3 Å². The van der Waals surface area contributed by atoms with E-state index in [4.69, 9.17) is 4.74 Å².